The van der Waals surface area contributed by atoms with Crippen LogP contribution in [0.1, 0.15) is 5.56 Å². The summed E-state index contributed by atoms with van der Waals surface area (Å²) in [6.07, 6.45) is 0. The van der Waals surface area contributed by atoms with Crippen LogP contribution in [0.3, 0.4) is 0 Å². The Morgan fingerprint density at radius 3 is 2.35 bits per heavy atom. The molecular formula is C17H20FN5O3. The van der Waals surface area contributed by atoms with E-state index in [1.807, 2.05) is 0 Å². The Bertz CT molecular complexity index is 796. The fourth-order valence-corrected chi connectivity index (χ4v) is 2.08. The number of nitrogens with two attached hydrogens (primary N) is 1. The van der Waals surface area contributed by atoms with Crippen LogP contribution in [0.2, 0.25) is 0 Å². The van der Waals surface area contributed by atoms with Crippen LogP contribution in [0.25, 0.3) is 0 Å². The molecule has 0 radical (unpaired) electrons. The largest absolute Gasteiger partial charge is 0.493 e. The number of hydrogen-bond donors (Lipinski definition) is 5. The molecule has 6 N–H and O–H groups in total. The number of hydrazine groups is 1. The molecule has 26 heavy (non-hydrogen) atoms. The Kier molecular flexibility index (Phi) is 6.20. The lowest BCUT2D eigenvalue weighted by molar-refractivity contribution is -0.118. The van der Waals surface area contributed by atoms with E-state index in [2.05, 4.69) is 16.2 Å². The number of benzene rings is 2. The van der Waals surface area contributed by atoms with Gasteiger partial charge in [0.2, 0.25) is 0 Å². The third-order valence-electron chi connectivity index (χ3n) is 3.46. The normalized spacial score (nSPS) is 9.96. The predicted octanol–water partition coefficient (Wildman–Crippen LogP) is 1.68. The average Bonchev–Trinajstić information content (AvgIpc) is 2.65. The minimum absolute atomic E-state index is 0.0320. The Hall–Kier alpha value is -3.49. The van der Waals surface area contributed by atoms with E-state index in [1.165, 1.54) is 20.3 Å². The molecule has 0 bridgehead atoms. The molecule has 0 heterocycles. The molecule has 0 aliphatic heterocycles. The third-order valence-corrected chi connectivity index (χ3v) is 3.46. The summed E-state index contributed by atoms with van der Waals surface area (Å²) in [6.45, 7) is -0.0404. The number of anilines is 2. The van der Waals surface area contributed by atoms with E-state index in [-0.39, 0.29) is 23.8 Å². The highest BCUT2D eigenvalue weighted by Crippen LogP contribution is 2.31. The molecule has 0 fully saturated rings. The molecular weight excluding hydrogens is 341 g/mol. The van der Waals surface area contributed by atoms with Crippen LogP contribution in [0.15, 0.2) is 36.4 Å². The predicted molar refractivity (Wildman–Crippen MR) is 97.2 cm³/mol. The van der Waals surface area contributed by atoms with E-state index >= 15 is 0 Å². The molecule has 0 aromatic heterocycles. The lowest BCUT2D eigenvalue weighted by atomic mass is 10.2. The average molecular weight is 361 g/mol. The fraction of sp³-hybridized carbons (Fsp3) is 0.176. The van der Waals surface area contributed by atoms with Gasteiger partial charge in [0.25, 0.3) is 5.91 Å². The minimum atomic E-state index is -0.601. The number of carbonyl (C=O) groups is 1. The number of halogens is 1. The second kappa shape index (κ2) is 8.56. The van der Waals surface area contributed by atoms with Gasteiger partial charge in [-0.1, -0.05) is 0 Å². The minimum Gasteiger partial charge on any atom is -0.493 e. The van der Waals surface area contributed by atoms with Crippen molar-refractivity contribution in [3.8, 4) is 11.5 Å². The quantitative estimate of drug-likeness (QED) is 0.277. The van der Waals surface area contributed by atoms with E-state index < -0.39 is 11.7 Å². The van der Waals surface area contributed by atoms with Crippen molar-refractivity contribution in [3.05, 3.63) is 47.8 Å². The maximum atomic E-state index is 14.0. The first-order valence-electron chi connectivity index (χ1n) is 7.59. The molecule has 0 unspecified atom stereocenters. The number of rotatable bonds is 8. The summed E-state index contributed by atoms with van der Waals surface area (Å²) in [5.74, 6) is -0.465. The lowest BCUT2D eigenvalue weighted by Crippen LogP contribution is -2.34. The van der Waals surface area contributed by atoms with Gasteiger partial charge in [-0.3, -0.25) is 21.1 Å². The zero-order valence-corrected chi connectivity index (χ0v) is 14.4. The fourth-order valence-electron chi connectivity index (χ4n) is 2.08. The van der Waals surface area contributed by atoms with Crippen LogP contribution in [-0.4, -0.2) is 32.5 Å². The zero-order chi connectivity index (χ0) is 19.1. The van der Waals surface area contributed by atoms with Crippen molar-refractivity contribution in [1.29, 1.82) is 5.41 Å². The molecule has 2 aromatic rings. The highest BCUT2D eigenvalue weighted by Gasteiger charge is 2.11. The molecule has 0 saturated heterocycles. The van der Waals surface area contributed by atoms with Gasteiger partial charge in [-0.2, -0.15) is 0 Å². The van der Waals surface area contributed by atoms with Crippen LogP contribution >= 0.6 is 0 Å². The lowest BCUT2D eigenvalue weighted by Gasteiger charge is -2.13. The van der Waals surface area contributed by atoms with Gasteiger partial charge < -0.3 is 20.5 Å². The smallest absolute Gasteiger partial charge is 0.257 e. The summed E-state index contributed by atoms with van der Waals surface area (Å²) in [7, 11) is 2.83. The summed E-state index contributed by atoms with van der Waals surface area (Å²) >= 11 is 0. The monoisotopic (exact) mass is 361 g/mol. The summed E-state index contributed by atoms with van der Waals surface area (Å²) in [6, 6.07) is 9.26. The number of methoxy groups -OCH3 is 2. The summed E-state index contributed by atoms with van der Waals surface area (Å²) in [5.41, 5.74) is 11.6. The van der Waals surface area contributed by atoms with Gasteiger partial charge in [-0.05, 0) is 24.3 Å². The van der Waals surface area contributed by atoms with E-state index in [0.717, 1.165) is 6.07 Å². The molecule has 0 aliphatic rings. The first-order valence-corrected chi connectivity index (χ1v) is 7.59. The van der Waals surface area contributed by atoms with Crippen molar-refractivity contribution >= 4 is 23.1 Å². The van der Waals surface area contributed by atoms with E-state index in [0.29, 0.717) is 17.0 Å². The van der Waals surface area contributed by atoms with Crippen LogP contribution in [-0.2, 0) is 4.79 Å². The molecule has 2 rings (SSSR count). The Morgan fingerprint density at radius 2 is 1.77 bits per heavy atom. The maximum absolute atomic E-state index is 14.0. The van der Waals surface area contributed by atoms with Crippen LogP contribution in [0.4, 0.5) is 15.8 Å². The van der Waals surface area contributed by atoms with Crippen LogP contribution < -0.4 is 31.4 Å². The van der Waals surface area contributed by atoms with Crippen molar-refractivity contribution in [2.45, 2.75) is 0 Å². The summed E-state index contributed by atoms with van der Waals surface area (Å²) in [4.78, 5) is 11.9. The molecule has 138 valence electrons. The van der Waals surface area contributed by atoms with Gasteiger partial charge in [0.05, 0.1) is 26.5 Å². The highest BCUT2D eigenvalue weighted by molar-refractivity contribution is 5.95. The van der Waals surface area contributed by atoms with Crippen molar-refractivity contribution in [2.75, 3.05) is 31.5 Å². The van der Waals surface area contributed by atoms with Gasteiger partial charge >= 0.3 is 0 Å². The topological polar surface area (TPSA) is 121 Å². The van der Waals surface area contributed by atoms with Crippen molar-refractivity contribution < 1.29 is 18.7 Å². The van der Waals surface area contributed by atoms with Crippen LogP contribution in [0.5, 0.6) is 11.5 Å². The molecule has 0 atom stereocenters. The third kappa shape index (κ3) is 4.76. The van der Waals surface area contributed by atoms with Crippen molar-refractivity contribution in [1.82, 2.24) is 5.43 Å². The second-order valence-electron chi connectivity index (χ2n) is 5.20. The van der Waals surface area contributed by atoms with Gasteiger partial charge in [-0.15, -0.1) is 0 Å². The zero-order valence-electron chi connectivity index (χ0n) is 14.4. The number of hydrogen-bond acceptors (Lipinski definition) is 6. The molecule has 1 amide bonds. The molecule has 8 nitrogen and oxygen atoms in total. The van der Waals surface area contributed by atoms with E-state index in [4.69, 9.17) is 20.6 Å². The SMILES string of the molecule is COc1cc(F)c(NNC(=O)CNc2ccc(C(=N)N)cc2)cc1OC. The number of ether oxygens (including phenoxy) is 2. The first-order chi connectivity index (χ1) is 12.4. The molecule has 0 saturated carbocycles. The van der Waals surface area contributed by atoms with Gasteiger partial charge in [0, 0.05) is 23.4 Å². The Morgan fingerprint density at radius 1 is 1.15 bits per heavy atom. The van der Waals surface area contributed by atoms with E-state index in [9.17, 15) is 9.18 Å². The van der Waals surface area contributed by atoms with Crippen LogP contribution in [0, 0.1) is 11.2 Å². The number of nitrogens with one attached hydrogen (secondary N) is 4. The van der Waals surface area contributed by atoms with Crippen molar-refractivity contribution in [2.24, 2.45) is 5.73 Å². The second-order valence-corrected chi connectivity index (χ2v) is 5.20. The summed E-state index contributed by atoms with van der Waals surface area (Å²) in [5, 5.41) is 10.2. The van der Waals surface area contributed by atoms with Gasteiger partial charge in [0.15, 0.2) is 17.3 Å². The molecule has 2 aromatic carbocycles. The standard InChI is InChI=1S/C17H20FN5O3/c1-25-14-7-12(18)13(8-15(14)26-2)22-23-16(24)9-21-11-5-3-10(4-6-11)17(19)20/h3-8,21-22H,9H2,1-2H3,(H3,19,20)(H,23,24). The van der Waals surface area contributed by atoms with Gasteiger partial charge in [0.1, 0.15) is 5.84 Å². The number of amides is 1. The van der Waals surface area contributed by atoms with E-state index in [1.54, 1.807) is 24.3 Å². The Balaban J connectivity index is 1.89. The maximum Gasteiger partial charge on any atom is 0.257 e. The first kappa shape index (κ1) is 18.8. The van der Waals surface area contributed by atoms with Crippen molar-refractivity contribution in [3.63, 3.8) is 0 Å². The molecule has 0 aliphatic carbocycles. The van der Waals surface area contributed by atoms with Gasteiger partial charge in [-0.25, -0.2) is 4.39 Å². The number of carbonyl (C=O) groups excluding carboxylic acids is 1. The Labute approximate surface area is 150 Å². The number of amidine groups is 1. The summed E-state index contributed by atoms with van der Waals surface area (Å²) < 4.78 is 24.1. The molecule has 9 heteroatoms. The molecule has 0 spiro atoms. The highest BCUT2D eigenvalue weighted by atomic mass is 19.1. The number of nitrogen functional groups attached to an aromatic ring is 1.